The van der Waals surface area contributed by atoms with Gasteiger partial charge in [0.25, 0.3) is 0 Å². The standard InChI is InChI=1S/Co.H3NO.HN/c;1-2;/h;2H,1H2;1H. The monoisotopic (exact) mass is 107 g/mol. The Labute approximate surface area is 31.9 Å². The van der Waals surface area contributed by atoms with E-state index < -0.39 is 0 Å². The molecule has 0 bridgehead atoms. The van der Waals surface area contributed by atoms with Crippen molar-refractivity contribution in [2.75, 3.05) is 0 Å². The molecule has 0 saturated heterocycles. The van der Waals surface area contributed by atoms with Crippen molar-refractivity contribution in [2.24, 2.45) is 5.90 Å². The Bertz CT molecular complexity index is 6.00. The Morgan fingerprint density at radius 1 is 1.50 bits per heavy atom. The maximum atomic E-state index is 6.50. The molecule has 0 rings (SSSR count). The average molecular weight is 107 g/mol. The molecule has 4 heteroatoms. The molecular formula is H4CoN2O. The van der Waals surface area contributed by atoms with Crippen molar-refractivity contribution in [1.29, 1.82) is 4.41 Å². The zero-order valence-corrected chi connectivity index (χ0v) is 2.90. The molecule has 0 aromatic carbocycles. The molecule has 0 heterocycles. The van der Waals surface area contributed by atoms with E-state index in [1.54, 1.807) is 0 Å². The van der Waals surface area contributed by atoms with Crippen molar-refractivity contribution < 1.29 is 20.7 Å². The Hall–Kier alpha value is 0.226. The summed E-state index contributed by atoms with van der Waals surface area (Å²) in [5, 5.41) is 6.50. The van der Waals surface area contributed by atoms with Gasteiger partial charge in [0.05, 0.1) is 0 Å². The van der Waals surface area contributed by atoms with Gasteiger partial charge in [-0.05, 0) is 0 Å². The molecule has 0 atom stereocenters. The van der Waals surface area contributed by atoms with Gasteiger partial charge in [0.1, 0.15) is 0 Å². The summed E-state index contributed by atoms with van der Waals surface area (Å²) < 4.78 is 5.44. The zero-order chi connectivity index (χ0) is 4.00. The molecule has 3 nitrogen and oxygen atoms in total. The zero-order valence-electron chi connectivity index (χ0n) is 1.86. The predicted octanol–water partition coefficient (Wildman–Crippen LogP) is -0.370. The van der Waals surface area contributed by atoms with Crippen LogP contribution in [0.25, 0.3) is 0 Å². The third-order valence-electron chi connectivity index (χ3n) is 0. The van der Waals surface area contributed by atoms with E-state index in [4.69, 9.17) is 9.62 Å². The molecule has 0 spiro atoms. The Morgan fingerprint density at radius 2 is 1.50 bits per heavy atom. The van der Waals surface area contributed by atoms with Crippen LogP contribution >= 0.6 is 0 Å². The number of rotatable bonds is 0. The summed E-state index contributed by atoms with van der Waals surface area (Å²) in [5.41, 5.74) is 0. The van der Waals surface area contributed by atoms with Gasteiger partial charge in [-0.1, -0.05) is 0 Å². The molecule has 4 N–H and O–H groups in total. The Balaban J connectivity index is 0. The van der Waals surface area contributed by atoms with Gasteiger partial charge in [-0.2, -0.15) is 0 Å². The number of hydrogen-bond donors (Lipinski definition) is 3. The van der Waals surface area contributed by atoms with E-state index in [0.717, 1.165) is 0 Å². The second-order valence-electron chi connectivity index (χ2n) is 0. The first-order chi connectivity index (χ1) is 2.00. The van der Waals surface area contributed by atoms with E-state index in [2.05, 4.69) is 21.4 Å². The van der Waals surface area contributed by atoms with Crippen molar-refractivity contribution in [3.63, 3.8) is 0 Å². The first-order valence-electron chi connectivity index (χ1n) is 0.425. The molecule has 0 aliphatic heterocycles. The van der Waals surface area contributed by atoms with Crippen molar-refractivity contribution in [2.45, 2.75) is 0 Å². The first-order valence-corrected chi connectivity index (χ1v) is 0.945. The van der Waals surface area contributed by atoms with Crippen LogP contribution in [0.2, 0.25) is 0 Å². The number of hydrogen-bond acceptors (Lipinski definition) is 3. The molecule has 4 heavy (non-hydrogen) atoms. The molecule has 0 aliphatic rings. The van der Waals surface area contributed by atoms with E-state index in [9.17, 15) is 0 Å². The van der Waals surface area contributed by atoms with Gasteiger partial charge >= 0.3 is 20.0 Å². The van der Waals surface area contributed by atoms with Crippen LogP contribution in [0.5, 0.6) is 0 Å². The number of nitrogens with one attached hydrogen (secondary N) is 1. The van der Waals surface area contributed by atoms with E-state index in [1.165, 1.54) is 0 Å². The third kappa shape index (κ3) is 65.3. The van der Waals surface area contributed by atoms with Crippen LogP contribution in [0.15, 0.2) is 0 Å². The third-order valence-corrected chi connectivity index (χ3v) is 0. The molecular weight excluding hydrogens is 103 g/mol. The van der Waals surface area contributed by atoms with Gasteiger partial charge in [-0.15, -0.1) is 0 Å². The number of nitrogens with two attached hydrogens (primary N) is 1. The van der Waals surface area contributed by atoms with Gasteiger partial charge in [0.2, 0.25) is 0 Å². The summed E-state index contributed by atoms with van der Waals surface area (Å²) in [7, 11) is 0. The summed E-state index contributed by atoms with van der Waals surface area (Å²) in [6, 6.07) is 0. The van der Waals surface area contributed by atoms with Gasteiger partial charge < -0.3 is 5.21 Å². The fourth-order valence-electron chi connectivity index (χ4n) is 0. The SMILES string of the molecule is NO.[NH]=[Co]. The second-order valence-corrected chi connectivity index (χ2v) is 0. The topological polar surface area (TPSA) is 70.1 Å². The Morgan fingerprint density at radius 3 is 1.50 bits per heavy atom. The fourth-order valence-corrected chi connectivity index (χ4v) is 0. The van der Waals surface area contributed by atoms with Gasteiger partial charge in [0, 0.05) is 0 Å². The summed E-state index contributed by atoms with van der Waals surface area (Å²) in [5.74, 6) is 3.50. The molecule has 0 aliphatic carbocycles. The maximum absolute atomic E-state index is 6.50. The van der Waals surface area contributed by atoms with Crippen LogP contribution in [-0.2, 0) is 15.5 Å². The quantitative estimate of drug-likeness (QED) is 0.369. The second kappa shape index (κ2) is 312. The van der Waals surface area contributed by atoms with Crippen LogP contribution in [0.1, 0.15) is 0 Å². The van der Waals surface area contributed by atoms with Gasteiger partial charge in [-0.3, -0.25) is 0 Å². The van der Waals surface area contributed by atoms with E-state index in [-0.39, 0.29) is 0 Å². The van der Waals surface area contributed by atoms with Crippen molar-refractivity contribution in [3.8, 4) is 0 Å². The average Bonchev–Trinajstić information content (AvgIpc) is 1.50. The fraction of sp³-hybridized carbons (Fsp3) is 0. The van der Waals surface area contributed by atoms with Crippen LogP contribution < -0.4 is 5.90 Å². The summed E-state index contributed by atoms with van der Waals surface area (Å²) in [6.07, 6.45) is 0. The molecule has 0 fully saturated rings. The van der Waals surface area contributed by atoms with Crippen LogP contribution in [0, 0.1) is 4.41 Å². The summed E-state index contributed by atoms with van der Waals surface area (Å²) >= 11 is 2.81. The van der Waals surface area contributed by atoms with Crippen molar-refractivity contribution in [1.82, 2.24) is 0 Å². The summed E-state index contributed by atoms with van der Waals surface area (Å²) in [6.45, 7) is 0. The van der Waals surface area contributed by atoms with E-state index in [0.29, 0.717) is 0 Å². The Kier molecular flexibility index (Phi) is 692. The van der Waals surface area contributed by atoms with Crippen molar-refractivity contribution >= 4 is 0 Å². The van der Waals surface area contributed by atoms with E-state index in [1.807, 2.05) is 0 Å². The molecule has 0 radical (unpaired) electrons. The molecule has 0 unspecified atom stereocenters. The van der Waals surface area contributed by atoms with Crippen LogP contribution in [0.4, 0.5) is 0 Å². The van der Waals surface area contributed by atoms with Gasteiger partial charge in [0.15, 0.2) is 0 Å². The molecule has 0 aromatic rings. The van der Waals surface area contributed by atoms with Crippen molar-refractivity contribution in [3.05, 3.63) is 0 Å². The predicted molar refractivity (Wildman–Crippen MR) is 8.69 cm³/mol. The van der Waals surface area contributed by atoms with Crippen LogP contribution in [0.3, 0.4) is 0 Å². The molecule has 0 saturated carbocycles. The molecule has 0 amide bonds. The normalized spacial score (nSPS) is 2.75. The minimum atomic E-state index is 2.81. The molecule has 29 valence electrons. The van der Waals surface area contributed by atoms with Crippen LogP contribution in [-0.4, -0.2) is 5.21 Å². The minimum absolute atomic E-state index is 2.81. The molecule has 0 aromatic heterocycles. The summed E-state index contributed by atoms with van der Waals surface area (Å²) in [4.78, 5) is 0. The first kappa shape index (κ1) is 8.88. The van der Waals surface area contributed by atoms with E-state index >= 15 is 0 Å². The van der Waals surface area contributed by atoms with Gasteiger partial charge in [-0.25, -0.2) is 5.90 Å².